The number of hydrogen-bond donors (Lipinski definition) is 1. The van der Waals surface area contributed by atoms with Crippen LogP contribution in [0.25, 0.3) is 0 Å². The van der Waals surface area contributed by atoms with E-state index in [1.54, 1.807) is 18.2 Å². The molecule has 0 spiro atoms. The van der Waals surface area contributed by atoms with Crippen molar-refractivity contribution in [2.45, 2.75) is 20.0 Å². The fourth-order valence-corrected chi connectivity index (χ4v) is 2.06. The van der Waals surface area contributed by atoms with Gasteiger partial charge in [-0.15, -0.1) is 0 Å². The molecular weight excluding hydrogens is 360 g/mol. The standard InChI is InChI=1S/C19H17F2NO5/c1-11(23)13-4-3-5-15(8-13)26-10-18(24)27-12(2)19(25)22-17-7-6-14(20)9-16(17)21/h3-9,12H,10H2,1-2H3,(H,22,25)/t12-/m0/s1. The van der Waals surface area contributed by atoms with Crippen molar-refractivity contribution >= 4 is 23.3 Å². The number of ether oxygens (including phenoxy) is 2. The molecule has 0 aromatic heterocycles. The molecule has 0 aliphatic heterocycles. The van der Waals surface area contributed by atoms with Crippen molar-refractivity contribution in [3.63, 3.8) is 0 Å². The smallest absolute Gasteiger partial charge is 0.344 e. The lowest BCUT2D eigenvalue weighted by molar-refractivity contribution is -0.155. The number of esters is 1. The van der Waals surface area contributed by atoms with Crippen LogP contribution in [0.1, 0.15) is 24.2 Å². The number of halogens is 2. The second kappa shape index (κ2) is 8.88. The van der Waals surface area contributed by atoms with Gasteiger partial charge in [-0.1, -0.05) is 12.1 Å². The van der Waals surface area contributed by atoms with Gasteiger partial charge in [-0.25, -0.2) is 13.6 Å². The molecule has 0 saturated heterocycles. The zero-order valence-corrected chi connectivity index (χ0v) is 14.6. The summed E-state index contributed by atoms with van der Waals surface area (Å²) in [5.41, 5.74) is 0.191. The molecule has 0 radical (unpaired) electrons. The first kappa shape index (κ1) is 20.0. The van der Waals surface area contributed by atoms with E-state index in [0.717, 1.165) is 12.1 Å². The number of amides is 1. The average Bonchev–Trinajstić information content (AvgIpc) is 2.62. The van der Waals surface area contributed by atoms with Crippen molar-refractivity contribution < 1.29 is 32.6 Å². The SMILES string of the molecule is CC(=O)c1cccc(OCC(=O)O[C@@H](C)C(=O)Nc2ccc(F)cc2F)c1. The second-order valence-electron chi connectivity index (χ2n) is 5.62. The van der Waals surface area contributed by atoms with Gasteiger partial charge in [0.1, 0.15) is 17.4 Å². The van der Waals surface area contributed by atoms with E-state index in [1.165, 1.54) is 19.9 Å². The number of ketones is 1. The fourth-order valence-electron chi connectivity index (χ4n) is 2.06. The Balaban J connectivity index is 1.86. The summed E-state index contributed by atoms with van der Waals surface area (Å²) >= 11 is 0. The maximum absolute atomic E-state index is 13.5. The molecule has 2 rings (SSSR count). The highest BCUT2D eigenvalue weighted by Crippen LogP contribution is 2.16. The van der Waals surface area contributed by atoms with Crippen molar-refractivity contribution in [3.8, 4) is 5.75 Å². The van der Waals surface area contributed by atoms with Crippen molar-refractivity contribution in [3.05, 3.63) is 59.7 Å². The van der Waals surface area contributed by atoms with Crippen LogP contribution in [0, 0.1) is 11.6 Å². The van der Waals surface area contributed by atoms with Crippen molar-refractivity contribution in [1.82, 2.24) is 0 Å². The summed E-state index contributed by atoms with van der Waals surface area (Å²) in [6, 6.07) is 8.91. The Hall–Kier alpha value is -3.29. The van der Waals surface area contributed by atoms with Crippen LogP contribution in [0.2, 0.25) is 0 Å². The van der Waals surface area contributed by atoms with Crippen LogP contribution in [0.4, 0.5) is 14.5 Å². The number of carbonyl (C=O) groups excluding carboxylic acids is 3. The van der Waals surface area contributed by atoms with Gasteiger partial charge >= 0.3 is 5.97 Å². The number of hydrogen-bond acceptors (Lipinski definition) is 5. The van der Waals surface area contributed by atoms with E-state index in [1.807, 2.05) is 0 Å². The molecule has 8 heteroatoms. The molecular formula is C19H17F2NO5. The quantitative estimate of drug-likeness (QED) is 0.592. The first-order valence-corrected chi connectivity index (χ1v) is 7.95. The Bertz CT molecular complexity index is 869. The predicted molar refractivity (Wildman–Crippen MR) is 92.5 cm³/mol. The van der Waals surface area contributed by atoms with Gasteiger partial charge in [0.15, 0.2) is 18.5 Å². The summed E-state index contributed by atoms with van der Waals surface area (Å²) in [7, 11) is 0. The highest BCUT2D eigenvalue weighted by Gasteiger charge is 2.19. The minimum atomic E-state index is -1.23. The Morgan fingerprint density at radius 1 is 1.11 bits per heavy atom. The number of nitrogens with one attached hydrogen (secondary N) is 1. The van der Waals surface area contributed by atoms with Gasteiger partial charge in [-0.3, -0.25) is 9.59 Å². The van der Waals surface area contributed by atoms with Gasteiger partial charge in [0, 0.05) is 11.6 Å². The van der Waals surface area contributed by atoms with Crippen LogP contribution in [0.5, 0.6) is 5.75 Å². The lowest BCUT2D eigenvalue weighted by atomic mass is 10.1. The zero-order chi connectivity index (χ0) is 20.0. The third-order valence-electron chi connectivity index (χ3n) is 3.46. The molecule has 27 heavy (non-hydrogen) atoms. The zero-order valence-electron chi connectivity index (χ0n) is 14.6. The summed E-state index contributed by atoms with van der Waals surface area (Å²) in [5.74, 6) is -3.20. The highest BCUT2D eigenvalue weighted by atomic mass is 19.1. The van der Waals surface area contributed by atoms with Gasteiger partial charge in [-0.05, 0) is 38.1 Å². The summed E-state index contributed by atoms with van der Waals surface area (Å²) in [6.07, 6.45) is -1.23. The average molecular weight is 377 g/mol. The molecule has 0 fully saturated rings. The lowest BCUT2D eigenvalue weighted by Gasteiger charge is -2.14. The molecule has 0 heterocycles. The molecule has 0 bridgehead atoms. The van der Waals surface area contributed by atoms with Crippen LogP contribution >= 0.6 is 0 Å². The third kappa shape index (κ3) is 5.88. The van der Waals surface area contributed by atoms with Gasteiger partial charge < -0.3 is 14.8 Å². The molecule has 2 aromatic rings. The molecule has 0 unspecified atom stereocenters. The second-order valence-corrected chi connectivity index (χ2v) is 5.62. The lowest BCUT2D eigenvalue weighted by Crippen LogP contribution is -2.32. The number of carbonyl (C=O) groups is 3. The van der Waals surface area contributed by atoms with E-state index >= 15 is 0 Å². The Kier molecular flexibility index (Phi) is 6.59. The Labute approximate surface area is 154 Å². The van der Waals surface area contributed by atoms with Crippen LogP contribution in [-0.4, -0.2) is 30.4 Å². The van der Waals surface area contributed by atoms with Gasteiger partial charge in [0.05, 0.1) is 5.69 Å². The predicted octanol–water partition coefficient (Wildman–Crippen LogP) is 3.12. The first-order chi connectivity index (χ1) is 12.8. The molecule has 0 saturated carbocycles. The van der Waals surface area contributed by atoms with E-state index in [0.29, 0.717) is 17.4 Å². The molecule has 0 aliphatic rings. The van der Waals surface area contributed by atoms with Crippen LogP contribution in [-0.2, 0) is 14.3 Å². The normalized spacial score (nSPS) is 11.4. The number of anilines is 1. The van der Waals surface area contributed by atoms with E-state index in [4.69, 9.17) is 9.47 Å². The molecule has 1 atom stereocenters. The monoisotopic (exact) mass is 377 g/mol. The van der Waals surface area contributed by atoms with E-state index in [9.17, 15) is 23.2 Å². The van der Waals surface area contributed by atoms with Crippen molar-refractivity contribution in [1.29, 1.82) is 0 Å². The summed E-state index contributed by atoms with van der Waals surface area (Å²) in [4.78, 5) is 35.1. The molecule has 1 N–H and O–H groups in total. The van der Waals surface area contributed by atoms with Crippen molar-refractivity contribution in [2.75, 3.05) is 11.9 Å². The molecule has 2 aromatic carbocycles. The van der Waals surface area contributed by atoms with E-state index in [2.05, 4.69) is 5.32 Å². The fraction of sp³-hybridized carbons (Fsp3) is 0.211. The largest absolute Gasteiger partial charge is 0.482 e. The van der Waals surface area contributed by atoms with Crippen LogP contribution in [0.3, 0.4) is 0 Å². The molecule has 6 nitrogen and oxygen atoms in total. The third-order valence-corrected chi connectivity index (χ3v) is 3.46. The van der Waals surface area contributed by atoms with Gasteiger partial charge in [-0.2, -0.15) is 0 Å². The molecule has 1 amide bonds. The maximum Gasteiger partial charge on any atom is 0.344 e. The Morgan fingerprint density at radius 3 is 2.52 bits per heavy atom. The van der Waals surface area contributed by atoms with Gasteiger partial charge in [0.2, 0.25) is 0 Å². The number of benzene rings is 2. The molecule has 0 aliphatic carbocycles. The van der Waals surface area contributed by atoms with Crippen LogP contribution < -0.4 is 10.1 Å². The summed E-state index contributed by atoms with van der Waals surface area (Å²) in [6.45, 7) is 2.21. The first-order valence-electron chi connectivity index (χ1n) is 7.95. The summed E-state index contributed by atoms with van der Waals surface area (Å²) in [5, 5.41) is 2.20. The van der Waals surface area contributed by atoms with E-state index < -0.39 is 36.2 Å². The number of rotatable bonds is 7. The van der Waals surface area contributed by atoms with Crippen molar-refractivity contribution in [2.24, 2.45) is 0 Å². The minimum Gasteiger partial charge on any atom is -0.482 e. The highest BCUT2D eigenvalue weighted by molar-refractivity contribution is 5.95. The number of Topliss-reactive ketones (excluding diaryl/α,β-unsaturated/α-hetero) is 1. The van der Waals surface area contributed by atoms with Gasteiger partial charge in [0.25, 0.3) is 5.91 Å². The summed E-state index contributed by atoms with van der Waals surface area (Å²) < 4.78 is 36.5. The van der Waals surface area contributed by atoms with E-state index in [-0.39, 0.29) is 11.5 Å². The van der Waals surface area contributed by atoms with Crippen LogP contribution in [0.15, 0.2) is 42.5 Å². The Morgan fingerprint density at radius 2 is 1.85 bits per heavy atom. The topological polar surface area (TPSA) is 81.7 Å². The molecule has 142 valence electrons. The minimum absolute atomic E-state index is 0.152. The maximum atomic E-state index is 13.5.